The Labute approximate surface area is 62.4 Å². The van der Waals surface area contributed by atoms with Crippen molar-refractivity contribution < 1.29 is 0 Å². The molecule has 0 spiro atoms. The summed E-state index contributed by atoms with van der Waals surface area (Å²) in [5.74, 6) is 0. The van der Waals surface area contributed by atoms with E-state index in [1.807, 2.05) is 0 Å². The molecule has 0 aromatic heterocycles. The third kappa shape index (κ3) is 2.25. The maximum Gasteiger partial charge on any atom is 0.0105 e. The summed E-state index contributed by atoms with van der Waals surface area (Å²) in [6, 6.07) is 0.439. The zero-order valence-electron chi connectivity index (χ0n) is 6.42. The van der Waals surface area contributed by atoms with E-state index < -0.39 is 0 Å². The highest BCUT2D eigenvalue weighted by molar-refractivity contribution is 4.73. The topological polar surface area (TPSA) is 55.3 Å². The first-order valence-electron chi connectivity index (χ1n) is 4.01. The number of rotatable bonds is 2. The number of hydrogen-bond acceptors (Lipinski definition) is 3. The fraction of sp³-hybridized carbons (Fsp3) is 1.00. The second-order valence-corrected chi connectivity index (χ2v) is 2.97. The van der Waals surface area contributed by atoms with E-state index in [0.29, 0.717) is 6.04 Å². The van der Waals surface area contributed by atoms with Crippen LogP contribution in [-0.2, 0) is 0 Å². The van der Waals surface area contributed by atoms with Gasteiger partial charge >= 0.3 is 0 Å². The van der Waals surface area contributed by atoms with Crippen LogP contribution in [0.25, 0.3) is 0 Å². The van der Waals surface area contributed by atoms with Gasteiger partial charge in [0.2, 0.25) is 0 Å². The molecule has 1 aliphatic heterocycles. The van der Waals surface area contributed by atoms with Crippen LogP contribution in [0.3, 0.4) is 0 Å². The lowest BCUT2D eigenvalue weighted by Gasteiger charge is -2.29. The predicted octanol–water partition coefficient (Wildman–Crippen LogP) is -0.632. The van der Waals surface area contributed by atoms with Crippen molar-refractivity contribution in [3.63, 3.8) is 0 Å². The van der Waals surface area contributed by atoms with E-state index in [1.54, 1.807) is 0 Å². The molecule has 10 heavy (non-hydrogen) atoms. The minimum Gasteiger partial charge on any atom is -0.329 e. The van der Waals surface area contributed by atoms with Crippen LogP contribution in [-0.4, -0.2) is 37.1 Å². The molecule has 0 aromatic carbocycles. The molecule has 0 bridgehead atoms. The number of nitrogens with two attached hydrogens (primary N) is 2. The lowest BCUT2D eigenvalue weighted by Crippen LogP contribution is -2.41. The minimum atomic E-state index is 0.439. The summed E-state index contributed by atoms with van der Waals surface area (Å²) >= 11 is 0. The van der Waals surface area contributed by atoms with Crippen molar-refractivity contribution in [1.29, 1.82) is 0 Å². The highest BCUT2D eigenvalue weighted by Crippen LogP contribution is 2.06. The van der Waals surface area contributed by atoms with Crippen molar-refractivity contribution in [1.82, 2.24) is 4.90 Å². The van der Waals surface area contributed by atoms with Gasteiger partial charge in [-0.25, -0.2) is 0 Å². The van der Waals surface area contributed by atoms with Gasteiger partial charge < -0.3 is 16.4 Å². The summed E-state index contributed by atoms with van der Waals surface area (Å²) in [5.41, 5.74) is 11.2. The Morgan fingerprint density at radius 1 is 1.30 bits per heavy atom. The fourth-order valence-electron chi connectivity index (χ4n) is 1.36. The van der Waals surface area contributed by atoms with E-state index in [-0.39, 0.29) is 0 Å². The molecule has 1 fully saturated rings. The number of piperidine rings is 1. The number of hydrogen-bond donors (Lipinski definition) is 2. The van der Waals surface area contributed by atoms with Crippen molar-refractivity contribution in [2.75, 3.05) is 26.2 Å². The molecule has 1 saturated heterocycles. The van der Waals surface area contributed by atoms with Gasteiger partial charge in [-0.2, -0.15) is 0 Å². The fourth-order valence-corrected chi connectivity index (χ4v) is 1.36. The van der Waals surface area contributed by atoms with Crippen molar-refractivity contribution >= 4 is 0 Å². The van der Waals surface area contributed by atoms with E-state index in [1.165, 1.54) is 0 Å². The normalized spacial score (nSPS) is 23.4. The van der Waals surface area contributed by atoms with E-state index in [0.717, 1.165) is 39.0 Å². The van der Waals surface area contributed by atoms with E-state index in [9.17, 15) is 0 Å². The number of nitrogens with zero attached hydrogens (tertiary/aromatic N) is 1. The Morgan fingerprint density at radius 2 is 1.90 bits per heavy atom. The molecule has 0 aromatic rings. The third-order valence-electron chi connectivity index (χ3n) is 2.08. The Kier molecular flexibility index (Phi) is 3.12. The Morgan fingerprint density at radius 3 is 2.40 bits per heavy atom. The standard InChI is InChI=1S/C7H17N3/c8-3-6-10-4-1-7(9)2-5-10/h7H,1-6,8-9H2. The zero-order valence-corrected chi connectivity index (χ0v) is 6.42. The Hall–Kier alpha value is -0.120. The minimum absolute atomic E-state index is 0.439. The largest absolute Gasteiger partial charge is 0.329 e. The second kappa shape index (κ2) is 3.91. The molecule has 0 atom stereocenters. The molecule has 0 amide bonds. The summed E-state index contributed by atoms with van der Waals surface area (Å²) < 4.78 is 0. The third-order valence-corrected chi connectivity index (χ3v) is 2.08. The van der Waals surface area contributed by atoms with Crippen LogP contribution in [0.2, 0.25) is 0 Å². The van der Waals surface area contributed by atoms with Crippen LogP contribution in [0.5, 0.6) is 0 Å². The zero-order chi connectivity index (χ0) is 7.40. The molecular weight excluding hydrogens is 126 g/mol. The lowest BCUT2D eigenvalue weighted by atomic mass is 10.1. The number of likely N-dealkylation sites (tertiary alicyclic amines) is 1. The molecule has 0 radical (unpaired) electrons. The summed E-state index contributed by atoms with van der Waals surface area (Å²) in [6.45, 7) is 4.08. The van der Waals surface area contributed by atoms with Crippen molar-refractivity contribution in [3.05, 3.63) is 0 Å². The van der Waals surface area contributed by atoms with Gasteiger partial charge in [0, 0.05) is 19.1 Å². The maximum atomic E-state index is 5.74. The second-order valence-electron chi connectivity index (χ2n) is 2.97. The van der Waals surface area contributed by atoms with E-state index >= 15 is 0 Å². The summed E-state index contributed by atoms with van der Waals surface area (Å²) in [5, 5.41) is 0. The van der Waals surface area contributed by atoms with Gasteiger partial charge in [-0.05, 0) is 25.9 Å². The smallest absolute Gasteiger partial charge is 0.0105 e. The van der Waals surface area contributed by atoms with Gasteiger partial charge in [0.15, 0.2) is 0 Å². The van der Waals surface area contributed by atoms with Crippen LogP contribution >= 0.6 is 0 Å². The molecule has 0 aliphatic carbocycles. The van der Waals surface area contributed by atoms with Gasteiger partial charge in [-0.1, -0.05) is 0 Å². The van der Waals surface area contributed by atoms with Gasteiger partial charge in [0.1, 0.15) is 0 Å². The van der Waals surface area contributed by atoms with E-state index in [4.69, 9.17) is 11.5 Å². The average molecular weight is 143 g/mol. The lowest BCUT2D eigenvalue weighted by molar-refractivity contribution is 0.219. The van der Waals surface area contributed by atoms with Crippen molar-refractivity contribution in [2.45, 2.75) is 18.9 Å². The maximum absolute atomic E-state index is 5.74. The van der Waals surface area contributed by atoms with Crippen LogP contribution in [0.1, 0.15) is 12.8 Å². The quantitative estimate of drug-likeness (QED) is 0.541. The van der Waals surface area contributed by atoms with Crippen molar-refractivity contribution in [2.24, 2.45) is 11.5 Å². The molecule has 60 valence electrons. The summed E-state index contributed by atoms with van der Waals surface area (Å²) in [6.07, 6.45) is 2.28. The summed E-state index contributed by atoms with van der Waals surface area (Å²) in [7, 11) is 0. The molecule has 0 saturated carbocycles. The van der Waals surface area contributed by atoms with Gasteiger partial charge in [0.25, 0.3) is 0 Å². The van der Waals surface area contributed by atoms with Gasteiger partial charge in [0.05, 0.1) is 0 Å². The monoisotopic (exact) mass is 143 g/mol. The summed E-state index contributed by atoms with van der Waals surface area (Å²) in [4.78, 5) is 2.38. The van der Waals surface area contributed by atoms with Crippen LogP contribution < -0.4 is 11.5 Å². The molecule has 1 heterocycles. The molecular formula is C7H17N3. The van der Waals surface area contributed by atoms with Gasteiger partial charge in [-0.15, -0.1) is 0 Å². The van der Waals surface area contributed by atoms with Crippen molar-refractivity contribution in [3.8, 4) is 0 Å². The van der Waals surface area contributed by atoms with Crippen LogP contribution in [0.15, 0.2) is 0 Å². The first kappa shape index (κ1) is 7.98. The predicted molar refractivity (Wildman–Crippen MR) is 42.7 cm³/mol. The first-order valence-corrected chi connectivity index (χ1v) is 4.01. The van der Waals surface area contributed by atoms with Crippen LogP contribution in [0.4, 0.5) is 0 Å². The SMILES string of the molecule is NCCN1CCC(N)CC1. The average Bonchev–Trinajstić information content (AvgIpc) is 1.95. The van der Waals surface area contributed by atoms with E-state index in [2.05, 4.69) is 4.90 Å². The molecule has 3 nitrogen and oxygen atoms in total. The molecule has 1 aliphatic rings. The van der Waals surface area contributed by atoms with Crippen LogP contribution in [0, 0.1) is 0 Å². The Bertz CT molecular complexity index is 86.9. The Balaban J connectivity index is 2.13. The van der Waals surface area contributed by atoms with Gasteiger partial charge in [-0.3, -0.25) is 0 Å². The molecule has 1 rings (SSSR count). The molecule has 3 heteroatoms. The molecule has 4 N–H and O–H groups in total. The highest BCUT2D eigenvalue weighted by atomic mass is 15.1. The first-order chi connectivity index (χ1) is 4.83. The highest BCUT2D eigenvalue weighted by Gasteiger charge is 2.14. The molecule has 0 unspecified atom stereocenters.